The van der Waals surface area contributed by atoms with Gasteiger partial charge in [-0.3, -0.25) is 4.79 Å². The lowest BCUT2D eigenvalue weighted by atomic mass is 10.0. The molecule has 1 saturated carbocycles. The summed E-state index contributed by atoms with van der Waals surface area (Å²) in [6, 6.07) is 4.72. The Morgan fingerprint density at radius 2 is 2.15 bits per heavy atom. The molecule has 2 atom stereocenters. The maximum atomic E-state index is 13.7. The SMILES string of the molecule is CC1CCCC(NCc2cc(C(N)=O)ccc2F)CC1. The Morgan fingerprint density at radius 1 is 1.35 bits per heavy atom. The molecule has 0 bridgehead atoms. The van der Waals surface area contributed by atoms with E-state index in [-0.39, 0.29) is 5.82 Å². The summed E-state index contributed by atoms with van der Waals surface area (Å²) < 4.78 is 13.7. The maximum absolute atomic E-state index is 13.7. The van der Waals surface area contributed by atoms with Gasteiger partial charge in [-0.2, -0.15) is 0 Å². The molecule has 1 fully saturated rings. The third-order valence-electron chi connectivity index (χ3n) is 4.17. The smallest absolute Gasteiger partial charge is 0.248 e. The van der Waals surface area contributed by atoms with E-state index in [0.29, 0.717) is 23.7 Å². The van der Waals surface area contributed by atoms with Crippen molar-refractivity contribution in [2.24, 2.45) is 11.7 Å². The molecule has 1 aliphatic rings. The molecule has 4 heteroatoms. The van der Waals surface area contributed by atoms with Crippen molar-refractivity contribution < 1.29 is 9.18 Å². The van der Waals surface area contributed by atoms with Crippen LogP contribution < -0.4 is 11.1 Å². The van der Waals surface area contributed by atoms with E-state index in [4.69, 9.17) is 5.73 Å². The van der Waals surface area contributed by atoms with Crippen molar-refractivity contribution in [1.82, 2.24) is 5.32 Å². The van der Waals surface area contributed by atoms with Crippen LogP contribution in [0.5, 0.6) is 0 Å². The van der Waals surface area contributed by atoms with Gasteiger partial charge < -0.3 is 11.1 Å². The van der Waals surface area contributed by atoms with E-state index in [9.17, 15) is 9.18 Å². The number of halogens is 1. The van der Waals surface area contributed by atoms with Crippen molar-refractivity contribution in [3.8, 4) is 0 Å². The number of rotatable bonds is 4. The zero-order chi connectivity index (χ0) is 14.5. The normalized spacial score (nSPS) is 23.3. The summed E-state index contributed by atoms with van der Waals surface area (Å²) in [4.78, 5) is 11.1. The Bertz CT molecular complexity index is 476. The first-order valence-corrected chi connectivity index (χ1v) is 7.38. The van der Waals surface area contributed by atoms with Crippen LogP contribution in [-0.2, 0) is 6.54 Å². The summed E-state index contributed by atoms with van der Waals surface area (Å²) in [5.74, 6) is -0.0178. The molecule has 0 aromatic heterocycles. The minimum absolute atomic E-state index is 0.288. The molecule has 110 valence electrons. The Balaban J connectivity index is 1.96. The zero-order valence-electron chi connectivity index (χ0n) is 12.0. The van der Waals surface area contributed by atoms with Crippen molar-refractivity contribution in [3.63, 3.8) is 0 Å². The van der Waals surface area contributed by atoms with E-state index in [1.54, 1.807) is 6.07 Å². The van der Waals surface area contributed by atoms with Gasteiger partial charge in [-0.1, -0.05) is 19.8 Å². The first-order valence-electron chi connectivity index (χ1n) is 7.38. The van der Waals surface area contributed by atoms with Crippen molar-refractivity contribution >= 4 is 5.91 Å². The molecule has 20 heavy (non-hydrogen) atoms. The first kappa shape index (κ1) is 15.0. The molecule has 3 nitrogen and oxygen atoms in total. The number of carbonyl (C=O) groups excluding carboxylic acids is 1. The fourth-order valence-corrected chi connectivity index (χ4v) is 2.81. The van der Waals surface area contributed by atoms with E-state index in [1.165, 1.54) is 31.4 Å². The molecule has 1 amide bonds. The number of hydrogen-bond acceptors (Lipinski definition) is 2. The third kappa shape index (κ3) is 4.04. The third-order valence-corrected chi connectivity index (χ3v) is 4.17. The number of amides is 1. The van der Waals surface area contributed by atoms with Gasteiger partial charge in [0.25, 0.3) is 0 Å². The van der Waals surface area contributed by atoms with Crippen LogP contribution in [0.4, 0.5) is 4.39 Å². The van der Waals surface area contributed by atoms with Crippen LogP contribution in [0.15, 0.2) is 18.2 Å². The van der Waals surface area contributed by atoms with E-state index in [0.717, 1.165) is 18.8 Å². The zero-order valence-corrected chi connectivity index (χ0v) is 12.0. The van der Waals surface area contributed by atoms with Crippen molar-refractivity contribution in [3.05, 3.63) is 35.1 Å². The van der Waals surface area contributed by atoms with Crippen LogP contribution >= 0.6 is 0 Å². The Morgan fingerprint density at radius 3 is 2.90 bits per heavy atom. The largest absolute Gasteiger partial charge is 0.366 e. The number of benzene rings is 1. The highest BCUT2D eigenvalue weighted by molar-refractivity contribution is 5.92. The molecule has 2 rings (SSSR count). The van der Waals surface area contributed by atoms with Crippen molar-refractivity contribution in [1.29, 1.82) is 0 Å². The summed E-state index contributed by atoms with van der Waals surface area (Å²) in [6.07, 6.45) is 6.01. The average Bonchev–Trinajstić information content (AvgIpc) is 2.62. The van der Waals surface area contributed by atoms with Gasteiger partial charge in [0.05, 0.1) is 0 Å². The summed E-state index contributed by atoms with van der Waals surface area (Å²) >= 11 is 0. The average molecular weight is 278 g/mol. The van der Waals surface area contributed by atoms with Crippen LogP contribution in [0, 0.1) is 11.7 Å². The molecule has 0 spiro atoms. The monoisotopic (exact) mass is 278 g/mol. The van der Waals surface area contributed by atoms with E-state index >= 15 is 0 Å². The lowest BCUT2D eigenvalue weighted by Gasteiger charge is -2.17. The van der Waals surface area contributed by atoms with Gasteiger partial charge in [0.1, 0.15) is 5.82 Å². The lowest BCUT2D eigenvalue weighted by molar-refractivity contribution is 0.1000. The first-order chi connectivity index (χ1) is 9.56. The second kappa shape index (κ2) is 6.84. The molecule has 0 saturated heterocycles. The van der Waals surface area contributed by atoms with Crippen molar-refractivity contribution in [2.75, 3.05) is 0 Å². The number of nitrogens with two attached hydrogens (primary N) is 1. The number of nitrogens with one attached hydrogen (secondary N) is 1. The topological polar surface area (TPSA) is 55.1 Å². The van der Waals surface area contributed by atoms with E-state index < -0.39 is 5.91 Å². The predicted octanol–water partition coefficient (Wildman–Crippen LogP) is 2.98. The highest BCUT2D eigenvalue weighted by Crippen LogP contribution is 2.23. The molecule has 3 N–H and O–H groups in total. The highest BCUT2D eigenvalue weighted by atomic mass is 19.1. The molecular formula is C16H23FN2O. The van der Waals surface area contributed by atoms with Gasteiger partial charge in [0.2, 0.25) is 5.91 Å². The predicted molar refractivity (Wildman–Crippen MR) is 77.8 cm³/mol. The van der Waals surface area contributed by atoms with Crippen LogP contribution in [0.25, 0.3) is 0 Å². The number of hydrogen-bond donors (Lipinski definition) is 2. The molecule has 1 aromatic carbocycles. The van der Waals surface area contributed by atoms with Gasteiger partial charge in [-0.15, -0.1) is 0 Å². The molecule has 0 aliphatic heterocycles. The van der Waals surface area contributed by atoms with Crippen LogP contribution in [0.1, 0.15) is 54.9 Å². The van der Waals surface area contributed by atoms with Crippen molar-refractivity contribution in [2.45, 2.75) is 51.6 Å². The fourth-order valence-electron chi connectivity index (χ4n) is 2.81. The Kier molecular flexibility index (Phi) is 5.12. The highest BCUT2D eigenvalue weighted by Gasteiger charge is 2.16. The maximum Gasteiger partial charge on any atom is 0.248 e. The molecule has 2 unspecified atom stereocenters. The van der Waals surface area contributed by atoms with Crippen LogP contribution in [0.2, 0.25) is 0 Å². The second-order valence-corrected chi connectivity index (χ2v) is 5.86. The minimum Gasteiger partial charge on any atom is -0.366 e. The molecule has 0 radical (unpaired) electrons. The van der Waals surface area contributed by atoms with Gasteiger partial charge in [0.15, 0.2) is 0 Å². The molecular weight excluding hydrogens is 255 g/mol. The summed E-state index contributed by atoms with van der Waals surface area (Å²) in [5, 5.41) is 3.41. The van der Waals surface area contributed by atoms with E-state index in [1.807, 2.05) is 0 Å². The number of carbonyl (C=O) groups is 1. The van der Waals surface area contributed by atoms with Crippen LogP contribution in [0.3, 0.4) is 0 Å². The van der Waals surface area contributed by atoms with Gasteiger partial charge in [0, 0.05) is 23.7 Å². The van der Waals surface area contributed by atoms with E-state index in [2.05, 4.69) is 12.2 Å². The van der Waals surface area contributed by atoms with Gasteiger partial charge in [-0.05, 0) is 43.4 Å². The Labute approximate surface area is 119 Å². The fraction of sp³-hybridized carbons (Fsp3) is 0.562. The second-order valence-electron chi connectivity index (χ2n) is 5.86. The minimum atomic E-state index is -0.519. The quantitative estimate of drug-likeness (QED) is 0.832. The lowest BCUT2D eigenvalue weighted by Crippen LogP contribution is -2.28. The summed E-state index contributed by atoms with van der Waals surface area (Å²) in [6.45, 7) is 2.74. The van der Waals surface area contributed by atoms with Gasteiger partial charge >= 0.3 is 0 Å². The molecule has 1 aliphatic carbocycles. The summed E-state index contributed by atoms with van der Waals surface area (Å²) in [5.41, 5.74) is 6.10. The molecule has 0 heterocycles. The standard InChI is InChI=1S/C16H23FN2O/c1-11-3-2-4-14(7-5-11)19-10-13-9-12(16(18)20)6-8-15(13)17/h6,8-9,11,14,19H,2-5,7,10H2,1H3,(H2,18,20). The van der Waals surface area contributed by atoms with Gasteiger partial charge in [-0.25, -0.2) is 4.39 Å². The number of primary amides is 1. The molecule has 1 aromatic rings. The van der Waals surface area contributed by atoms with Crippen LogP contribution in [-0.4, -0.2) is 11.9 Å². The summed E-state index contributed by atoms with van der Waals surface area (Å²) in [7, 11) is 0. The Hall–Kier alpha value is -1.42.